The molecule has 0 amide bonds. The van der Waals surface area contributed by atoms with E-state index in [1.165, 1.54) is 5.17 Å². The Labute approximate surface area is 141 Å². The molecule has 2 aliphatic rings. The molecule has 2 aliphatic heterocycles. The number of aliphatic imine (C=N–C) groups is 1. The molecule has 2 unspecified atom stereocenters. The second-order valence-electron chi connectivity index (χ2n) is 5.88. The van der Waals surface area contributed by atoms with Gasteiger partial charge in [-0.25, -0.2) is 0 Å². The number of rotatable bonds is 3. The molecule has 1 N–H and O–H groups in total. The monoisotopic (exact) mass is 339 g/mol. The fourth-order valence-electron chi connectivity index (χ4n) is 2.85. The zero-order valence-electron chi connectivity index (χ0n) is 12.8. The van der Waals surface area contributed by atoms with Gasteiger partial charge in [0, 0.05) is 48.6 Å². The molecule has 120 valence electrons. The van der Waals surface area contributed by atoms with Gasteiger partial charge >= 0.3 is 0 Å². The second-order valence-corrected chi connectivity index (χ2v) is 7.69. The number of halogens is 1. The summed E-state index contributed by atoms with van der Waals surface area (Å²) in [5, 5.41) is 12.8. The Morgan fingerprint density at radius 2 is 2.05 bits per heavy atom. The highest BCUT2D eigenvalue weighted by atomic mass is 35.5. The molecule has 1 aromatic carbocycles. The molecule has 1 saturated heterocycles. The largest absolute Gasteiger partial charge is 0.387 e. The van der Waals surface area contributed by atoms with Gasteiger partial charge in [-0.2, -0.15) is 0 Å². The predicted octanol–water partition coefficient (Wildman–Crippen LogP) is 2.48. The number of amidine groups is 1. The lowest BCUT2D eigenvalue weighted by Gasteiger charge is -2.36. The first-order valence-corrected chi connectivity index (χ1v) is 9.00. The van der Waals surface area contributed by atoms with Crippen molar-refractivity contribution in [1.29, 1.82) is 0 Å². The van der Waals surface area contributed by atoms with Crippen molar-refractivity contribution in [3.05, 3.63) is 34.9 Å². The average molecular weight is 340 g/mol. The smallest absolute Gasteiger partial charge is 0.159 e. The molecule has 3 rings (SSSR count). The van der Waals surface area contributed by atoms with Crippen molar-refractivity contribution >= 4 is 28.5 Å². The first kappa shape index (κ1) is 16.1. The molecule has 0 aliphatic carbocycles. The van der Waals surface area contributed by atoms with E-state index in [0.717, 1.165) is 38.3 Å². The van der Waals surface area contributed by atoms with Crippen LogP contribution in [0.1, 0.15) is 18.6 Å². The molecule has 1 fully saturated rings. The first-order chi connectivity index (χ1) is 10.6. The van der Waals surface area contributed by atoms with Gasteiger partial charge in [0.1, 0.15) is 0 Å². The summed E-state index contributed by atoms with van der Waals surface area (Å²) < 4.78 is 0. The number of hydrogen-bond acceptors (Lipinski definition) is 5. The van der Waals surface area contributed by atoms with Crippen molar-refractivity contribution in [2.24, 2.45) is 4.99 Å². The Kier molecular flexibility index (Phi) is 5.29. The van der Waals surface area contributed by atoms with Crippen LogP contribution in [-0.2, 0) is 0 Å². The summed E-state index contributed by atoms with van der Waals surface area (Å²) >= 11 is 8.03. The van der Waals surface area contributed by atoms with Crippen molar-refractivity contribution in [2.75, 3.05) is 39.3 Å². The van der Waals surface area contributed by atoms with Gasteiger partial charge in [0.25, 0.3) is 0 Å². The van der Waals surface area contributed by atoms with Crippen LogP contribution in [0.3, 0.4) is 0 Å². The summed E-state index contributed by atoms with van der Waals surface area (Å²) in [6.45, 7) is 7.66. The van der Waals surface area contributed by atoms with Crippen LogP contribution in [0, 0.1) is 0 Å². The van der Waals surface area contributed by atoms with Crippen LogP contribution in [0.15, 0.2) is 29.3 Å². The summed E-state index contributed by atoms with van der Waals surface area (Å²) in [6.07, 6.45) is -0.529. The summed E-state index contributed by atoms with van der Waals surface area (Å²) in [4.78, 5) is 9.27. The van der Waals surface area contributed by atoms with Gasteiger partial charge in [-0.15, -0.1) is 0 Å². The Balaban J connectivity index is 1.51. The normalized spacial score (nSPS) is 24.4. The highest BCUT2D eigenvalue weighted by Crippen LogP contribution is 2.25. The predicted molar refractivity (Wildman–Crippen MR) is 93.8 cm³/mol. The van der Waals surface area contributed by atoms with E-state index in [1.54, 1.807) is 0 Å². The van der Waals surface area contributed by atoms with Gasteiger partial charge < -0.3 is 10.0 Å². The summed E-state index contributed by atoms with van der Waals surface area (Å²) in [5.74, 6) is 0. The Morgan fingerprint density at radius 1 is 1.32 bits per heavy atom. The lowest BCUT2D eigenvalue weighted by Crippen LogP contribution is -2.48. The van der Waals surface area contributed by atoms with E-state index in [2.05, 4.69) is 21.7 Å². The van der Waals surface area contributed by atoms with Crippen molar-refractivity contribution in [1.82, 2.24) is 9.80 Å². The number of piperazine rings is 1. The summed E-state index contributed by atoms with van der Waals surface area (Å²) in [7, 11) is 0. The van der Waals surface area contributed by atoms with Crippen LogP contribution >= 0.6 is 23.4 Å². The molecule has 2 atom stereocenters. The van der Waals surface area contributed by atoms with E-state index in [4.69, 9.17) is 11.6 Å². The molecular weight excluding hydrogens is 318 g/mol. The van der Waals surface area contributed by atoms with E-state index in [1.807, 2.05) is 36.0 Å². The third-order valence-corrected chi connectivity index (χ3v) is 5.62. The van der Waals surface area contributed by atoms with E-state index in [9.17, 15) is 5.11 Å². The minimum absolute atomic E-state index is 0.529. The van der Waals surface area contributed by atoms with Gasteiger partial charge in [-0.3, -0.25) is 9.89 Å². The van der Waals surface area contributed by atoms with Crippen LogP contribution in [-0.4, -0.2) is 64.6 Å². The molecule has 1 aromatic rings. The molecule has 0 radical (unpaired) electrons. The molecule has 6 heteroatoms. The number of benzene rings is 1. The highest BCUT2D eigenvalue weighted by molar-refractivity contribution is 8.14. The maximum Gasteiger partial charge on any atom is 0.159 e. The Morgan fingerprint density at radius 3 is 2.68 bits per heavy atom. The average Bonchev–Trinajstić information content (AvgIpc) is 2.95. The maximum atomic E-state index is 10.4. The fourth-order valence-corrected chi connectivity index (χ4v) is 4.10. The molecule has 0 bridgehead atoms. The zero-order chi connectivity index (χ0) is 15.5. The van der Waals surface area contributed by atoms with Crippen LogP contribution in [0.2, 0.25) is 5.02 Å². The zero-order valence-corrected chi connectivity index (χ0v) is 14.4. The minimum atomic E-state index is -0.529. The number of thioether (sulfide) groups is 1. The lowest BCUT2D eigenvalue weighted by molar-refractivity contribution is 0.0905. The summed E-state index contributed by atoms with van der Waals surface area (Å²) in [6, 6.07) is 7.53. The molecule has 22 heavy (non-hydrogen) atoms. The number of β-amino-alcohol motifs (C(OH)–C–C–N with tert-alkyl or cyclic N) is 1. The van der Waals surface area contributed by atoms with Crippen LogP contribution < -0.4 is 0 Å². The Hall–Kier alpha value is -0.750. The number of nitrogens with zero attached hydrogens (tertiary/aromatic N) is 3. The van der Waals surface area contributed by atoms with Gasteiger partial charge in [-0.1, -0.05) is 48.5 Å². The van der Waals surface area contributed by atoms with Crippen molar-refractivity contribution in [3.8, 4) is 0 Å². The van der Waals surface area contributed by atoms with Crippen molar-refractivity contribution in [2.45, 2.75) is 18.3 Å². The van der Waals surface area contributed by atoms with E-state index in [0.29, 0.717) is 16.8 Å². The van der Waals surface area contributed by atoms with E-state index >= 15 is 0 Å². The van der Waals surface area contributed by atoms with Gasteiger partial charge in [0.2, 0.25) is 0 Å². The van der Waals surface area contributed by atoms with Crippen LogP contribution in [0.25, 0.3) is 0 Å². The first-order valence-electron chi connectivity index (χ1n) is 7.74. The summed E-state index contributed by atoms with van der Waals surface area (Å²) in [5.41, 5.74) is 0.816. The van der Waals surface area contributed by atoms with Gasteiger partial charge in [0.05, 0.1) is 12.6 Å². The van der Waals surface area contributed by atoms with E-state index < -0.39 is 6.10 Å². The third-order valence-electron chi connectivity index (χ3n) is 4.13. The molecular formula is C16H22ClN3OS. The van der Waals surface area contributed by atoms with Crippen LogP contribution in [0.4, 0.5) is 0 Å². The van der Waals surface area contributed by atoms with Crippen molar-refractivity contribution in [3.63, 3.8) is 0 Å². The molecule has 0 spiro atoms. The number of aliphatic hydroxyl groups excluding tert-OH is 1. The van der Waals surface area contributed by atoms with Gasteiger partial charge in [0.15, 0.2) is 5.17 Å². The SMILES string of the molecule is CC1CN=C(N2CCN(CC(O)c3ccccc3Cl)CC2)S1. The molecule has 0 saturated carbocycles. The second kappa shape index (κ2) is 7.21. The lowest BCUT2D eigenvalue weighted by atomic mass is 10.1. The number of hydrogen-bond donors (Lipinski definition) is 1. The fraction of sp³-hybridized carbons (Fsp3) is 0.562. The Bertz CT molecular complexity index is 546. The molecule has 0 aromatic heterocycles. The standard InChI is InChI=1S/C16H22ClN3OS/c1-12-10-18-16(22-12)20-8-6-19(7-9-20)11-15(21)13-4-2-3-5-14(13)17/h2-5,12,15,21H,6-11H2,1H3. The van der Waals surface area contributed by atoms with Gasteiger partial charge in [-0.05, 0) is 6.07 Å². The van der Waals surface area contributed by atoms with E-state index in [-0.39, 0.29) is 0 Å². The highest BCUT2D eigenvalue weighted by Gasteiger charge is 2.25. The molecule has 4 nitrogen and oxygen atoms in total. The van der Waals surface area contributed by atoms with Crippen LogP contribution in [0.5, 0.6) is 0 Å². The third kappa shape index (κ3) is 3.77. The topological polar surface area (TPSA) is 39.1 Å². The van der Waals surface area contributed by atoms with Crippen molar-refractivity contribution < 1.29 is 5.11 Å². The number of aliphatic hydroxyl groups is 1. The minimum Gasteiger partial charge on any atom is -0.387 e. The maximum absolute atomic E-state index is 10.4. The quantitative estimate of drug-likeness (QED) is 0.918. The molecule has 2 heterocycles.